The molecular formula is C20H22N4O2S. The van der Waals surface area contributed by atoms with Gasteiger partial charge in [0.15, 0.2) is 0 Å². The Hall–Kier alpha value is -2.51. The van der Waals surface area contributed by atoms with Gasteiger partial charge in [-0.25, -0.2) is 0 Å². The fourth-order valence-corrected chi connectivity index (χ4v) is 4.00. The number of anilines is 1. The van der Waals surface area contributed by atoms with Crippen molar-refractivity contribution in [1.82, 2.24) is 15.1 Å². The number of hydrogen-bond donors (Lipinski definition) is 1. The lowest BCUT2D eigenvalue weighted by molar-refractivity contribution is -0.117. The Morgan fingerprint density at radius 2 is 2.15 bits per heavy atom. The summed E-state index contributed by atoms with van der Waals surface area (Å²) < 4.78 is 5.86. The van der Waals surface area contributed by atoms with Crippen LogP contribution in [0, 0.1) is 6.92 Å². The molecule has 1 fully saturated rings. The van der Waals surface area contributed by atoms with Crippen LogP contribution in [-0.2, 0) is 4.79 Å². The van der Waals surface area contributed by atoms with Gasteiger partial charge in [0.1, 0.15) is 0 Å². The number of piperidine rings is 1. The molecule has 1 aliphatic rings. The molecule has 1 aromatic carbocycles. The largest absolute Gasteiger partial charge is 0.420 e. The SMILES string of the molecule is Cc1cccc(NC(=O)CN2CCC(c3nnc(-c4ccsc4)o3)CC2)c1. The molecule has 4 rings (SSSR count). The molecule has 3 aromatic rings. The quantitative estimate of drug-likeness (QED) is 0.724. The van der Waals surface area contributed by atoms with E-state index in [0.717, 1.165) is 42.7 Å². The van der Waals surface area contributed by atoms with Crippen molar-refractivity contribution >= 4 is 22.9 Å². The Kier molecular flexibility index (Phi) is 5.31. The fourth-order valence-electron chi connectivity index (χ4n) is 3.37. The number of carbonyl (C=O) groups excluding carboxylic acids is 1. The van der Waals surface area contributed by atoms with Crippen LogP contribution >= 0.6 is 11.3 Å². The van der Waals surface area contributed by atoms with Crippen molar-refractivity contribution in [3.8, 4) is 11.5 Å². The van der Waals surface area contributed by atoms with Crippen LogP contribution in [0.2, 0.25) is 0 Å². The highest BCUT2D eigenvalue weighted by molar-refractivity contribution is 7.08. The number of nitrogens with zero attached hydrogens (tertiary/aromatic N) is 3. The van der Waals surface area contributed by atoms with E-state index in [1.165, 1.54) is 0 Å². The summed E-state index contributed by atoms with van der Waals surface area (Å²) in [6.45, 7) is 4.12. The zero-order valence-electron chi connectivity index (χ0n) is 15.2. The lowest BCUT2D eigenvalue weighted by Crippen LogP contribution is -2.38. The molecule has 1 aliphatic heterocycles. The highest BCUT2D eigenvalue weighted by Gasteiger charge is 2.26. The Bertz CT molecular complexity index is 898. The molecular weight excluding hydrogens is 360 g/mol. The van der Waals surface area contributed by atoms with Gasteiger partial charge in [-0.05, 0) is 62.0 Å². The third kappa shape index (κ3) is 4.43. The zero-order chi connectivity index (χ0) is 18.6. The van der Waals surface area contributed by atoms with Gasteiger partial charge in [-0.2, -0.15) is 11.3 Å². The number of benzene rings is 1. The minimum absolute atomic E-state index is 0.0246. The van der Waals surface area contributed by atoms with Crippen LogP contribution in [0.4, 0.5) is 5.69 Å². The van der Waals surface area contributed by atoms with Gasteiger partial charge in [0, 0.05) is 22.5 Å². The first-order valence-corrected chi connectivity index (χ1v) is 10.1. The minimum atomic E-state index is 0.0246. The summed E-state index contributed by atoms with van der Waals surface area (Å²) in [7, 11) is 0. The predicted molar refractivity (Wildman–Crippen MR) is 106 cm³/mol. The first-order valence-electron chi connectivity index (χ1n) is 9.12. The molecule has 6 nitrogen and oxygen atoms in total. The summed E-state index contributed by atoms with van der Waals surface area (Å²) in [5, 5.41) is 15.4. The molecule has 0 aliphatic carbocycles. The number of likely N-dealkylation sites (tertiary alicyclic amines) is 1. The number of carbonyl (C=O) groups is 1. The summed E-state index contributed by atoms with van der Waals surface area (Å²) >= 11 is 1.61. The van der Waals surface area contributed by atoms with Crippen molar-refractivity contribution < 1.29 is 9.21 Å². The second kappa shape index (κ2) is 8.02. The second-order valence-electron chi connectivity index (χ2n) is 6.93. The summed E-state index contributed by atoms with van der Waals surface area (Å²) in [5.41, 5.74) is 2.96. The monoisotopic (exact) mass is 382 g/mol. The van der Waals surface area contributed by atoms with E-state index in [9.17, 15) is 4.79 Å². The average molecular weight is 382 g/mol. The molecule has 1 amide bonds. The standard InChI is InChI=1S/C20H22N4O2S/c1-14-3-2-4-17(11-14)21-18(25)12-24-8-5-15(6-9-24)19-22-23-20(26-19)16-7-10-27-13-16/h2-4,7,10-11,13,15H,5-6,8-9,12H2,1H3,(H,21,25). The van der Waals surface area contributed by atoms with Gasteiger partial charge in [0.25, 0.3) is 0 Å². The Balaban J connectivity index is 1.28. The molecule has 2 aromatic heterocycles. The average Bonchev–Trinajstić information content (AvgIpc) is 3.34. The van der Waals surface area contributed by atoms with E-state index in [4.69, 9.17) is 4.42 Å². The molecule has 0 spiro atoms. The first kappa shape index (κ1) is 17.9. The molecule has 7 heteroatoms. The second-order valence-corrected chi connectivity index (χ2v) is 7.71. The van der Waals surface area contributed by atoms with E-state index >= 15 is 0 Å². The van der Waals surface area contributed by atoms with Crippen LogP contribution in [0.15, 0.2) is 45.5 Å². The highest BCUT2D eigenvalue weighted by Crippen LogP contribution is 2.29. The first-order chi connectivity index (χ1) is 13.2. The Morgan fingerprint density at radius 3 is 2.89 bits per heavy atom. The maximum atomic E-state index is 12.3. The topological polar surface area (TPSA) is 71.3 Å². The predicted octanol–water partition coefficient (Wildman–Crippen LogP) is 3.92. The number of hydrogen-bond acceptors (Lipinski definition) is 6. The van der Waals surface area contributed by atoms with Crippen molar-refractivity contribution in [2.24, 2.45) is 0 Å². The van der Waals surface area contributed by atoms with Gasteiger partial charge in [0.2, 0.25) is 17.7 Å². The van der Waals surface area contributed by atoms with Gasteiger partial charge >= 0.3 is 0 Å². The number of rotatable bonds is 5. The molecule has 1 saturated heterocycles. The molecule has 0 atom stereocenters. The smallest absolute Gasteiger partial charge is 0.248 e. The van der Waals surface area contributed by atoms with Gasteiger partial charge in [-0.15, -0.1) is 10.2 Å². The van der Waals surface area contributed by atoms with Gasteiger partial charge in [-0.1, -0.05) is 12.1 Å². The van der Waals surface area contributed by atoms with Crippen LogP contribution in [0.5, 0.6) is 0 Å². The van der Waals surface area contributed by atoms with Crippen LogP contribution in [0.25, 0.3) is 11.5 Å². The van der Waals surface area contributed by atoms with Gasteiger partial charge < -0.3 is 9.73 Å². The normalized spacial score (nSPS) is 15.7. The van der Waals surface area contributed by atoms with Gasteiger partial charge in [0.05, 0.1) is 6.54 Å². The molecule has 140 valence electrons. The lowest BCUT2D eigenvalue weighted by atomic mass is 9.97. The molecule has 1 N–H and O–H groups in total. The lowest BCUT2D eigenvalue weighted by Gasteiger charge is -2.29. The number of aryl methyl sites for hydroxylation is 1. The van der Waals surface area contributed by atoms with Crippen molar-refractivity contribution in [3.63, 3.8) is 0 Å². The summed E-state index contributed by atoms with van der Waals surface area (Å²) in [4.78, 5) is 14.5. The van der Waals surface area contributed by atoms with E-state index in [0.29, 0.717) is 18.3 Å². The molecule has 3 heterocycles. The maximum absolute atomic E-state index is 12.3. The number of aromatic nitrogens is 2. The van der Waals surface area contributed by atoms with Gasteiger partial charge in [-0.3, -0.25) is 9.69 Å². The van der Waals surface area contributed by atoms with Crippen molar-refractivity contribution in [1.29, 1.82) is 0 Å². The molecule has 0 saturated carbocycles. The van der Waals surface area contributed by atoms with Crippen LogP contribution < -0.4 is 5.32 Å². The minimum Gasteiger partial charge on any atom is -0.420 e. The molecule has 0 radical (unpaired) electrons. The third-order valence-electron chi connectivity index (χ3n) is 4.81. The Labute approximate surface area is 162 Å². The zero-order valence-corrected chi connectivity index (χ0v) is 16.0. The van der Waals surface area contributed by atoms with Crippen LogP contribution in [0.3, 0.4) is 0 Å². The van der Waals surface area contributed by atoms with Crippen molar-refractivity contribution in [2.45, 2.75) is 25.7 Å². The van der Waals surface area contributed by atoms with E-state index in [2.05, 4.69) is 20.4 Å². The third-order valence-corrected chi connectivity index (χ3v) is 5.50. The van der Waals surface area contributed by atoms with E-state index in [1.54, 1.807) is 11.3 Å². The molecule has 0 unspecified atom stereocenters. The summed E-state index contributed by atoms with van der Waals surface area (Å²) in [6, 6.07) is 9.84. The summed E-state index contributed by atoms with van der Waals surface area (Å²) in [6.07, 6.45) is 1.84. The van der Waals surface area contributed by atoms with Crippen molar-refractivity contribution in [2.75, 3.05) is 25.0 Å². The van der Waals surface area contributed by atoms with E-state index in [1.807, 2.05) is 48.0 Å². The van der Waals surface area contributed by atoms with E-state index < -0.39 is 0 Å². The number of nitrogens with one attached hydrogen (secondary N) is 1. The van der Waals surface area contributed by atoms with Crippen LogP contribution in [0.1, 0.15) is 30.2 Å². The summed E-state index contributed by atoms with van der Waals surface area (Å²) in [5.74, 6) is 1.59. The number of thiophene rings is 1. The maximum Gasteiger partial charge on any atom is 0.248 e. The Morgan fingerprint density at radius 1 is 1.30 bits per heavy atom. The molecule has 0 bridgehead atoms. The fraction of sp³-hybridized carbons (Fsp3) is 0.350. The van der Waals surface area contributed by atoms with Crippen molar-refractivity contribution in [3.05, 3.63) is 52.5 Å². The highest BCUT2D eigenvalue weighted by atomic mass is 32.1. The number of amides is 1. The molecule has 27 heavy (non-hydrogen) atoms. The van der Waals surface area contributed by atoms with E-state index in [-0.39, 0.29) is 11.8 Å². The van der Waals surface area contributed by atoms with Crippen LogP contribution in [-0.4, -0.2) is 40.6 Å².